The topological polar surface area (TPSA) is 45.5 Å². The molecule has 0 aliphatic heterocycles. The number of carbonyl (C=O) groups is 1. The number of nitrogens with zero attached hydrogens (tertiary/aromatic N) is 2. The Morgan fingerprint density at radius 2 is 2.16 bits per heavy atom. The van der Waals surface area contributed by atoms with Gasteiger partial charge in [0.15, 0.2) is 0 Å². The average Bonchev–Trinajstić information content (AvgIpc) is 2.86. The molecule has 0 unspecified atom stereocenters. The van der Waals surface area contributed by atoms with Crippen molar-refractivity contribution in [3.63, 3.8) is 0 Å². The minimum absolute atomic E-state index is 0.0155. The Balaban J connectivity index is 1.94. The van der Waals surface area contributed by atoms with E-state index in [4.69, 9.17) is 0 Å². The quantitative estimate of drug-likeness (QED) is 0.922. The fourth-order valence-corrected chi connectivity index (χ4v) is 3.25. The molecule has 1 N–H and O–H groups in total. The molecule has 1 amide bonds. The monoisotopic (exact) mass is 328 g/mol. The largest absolute Gasteiger partial charge is 0.389 e. The second kappa shape index (κ2) is 5.67. The molecule has 4 nitrogen and oxygen atoms in total. The van der Waals surface area contributed by atoms with Gasteiger partial charge >= 0.3 is 0 Å². The van der Waals surface area contributed by atoms with E-state index in [0.717, 1.165) is 35.8 Å². The minimum atomic E-state index is -0.764. The molecule has 1 aromatic heterocycles. The van der Waals surface area contributed by atoms with E-state index in [1.165, 1.54) is 0 Å². The van der Waals surface area contributed by atoms with Crippen LogP contribution in [-0.2, 0) is 18.4 Å². The van der Waals surface area contributed by atoms with E-state index in [0.29, 0.717) is 6.54 Å². The number of halogens is 1. The van der Waals surface area contributed by atoms with Crippen LogP contribution in [-0.4, -0.2) is 33.1 Å². The van der Waals surface area contributed by atoms with Crippen LogP contribution in [0.5, 0.6) is 0 Å². The first-order valence-electron chi connectivity index (χ1n) is 6.67. The summed E-state index contributed by atoms with van der Waals surface area (Å²) >= 11 is 3.43. The van der Waals surface area contributed by atoms with Gasteiger partial charge in [0.2, 0.25) is 5.91 Å². The Morgan fingerprint density at radius 3 is 2.68 bits per heavy atom. The molecule has 1 aliphatic rings. The highest BCUT2D eigenvalue weighted by Gasteiger charge is 2.34. The Hall–Kier alpha value is -0.810. The van der Waals surface area contributed by atoms with E-state index in [1.54, 1.807) is 11.9 Å². The molecule has 1 aromatic rings. The van der Waals surface area contributed by atoms with Crippen LogP contribution in [0, 0.1) is 0 Å². The maximum atomic E-state index is 12.2. The molecule has 0 bridgehead atoms. The lowest BCUT2D eigenvalue weighted by atomic mass is 9.97. The van der Waals surface area contributed by atoms with Gasteiger partial charge in [-0.1, -0.05) is 12.8 Å². The Labute approximate surface area is 122 Å². The third kappa shape index (κ3) is 3.60. The van der Waals surface area contributed by atoms with Gasteiger partial charge in [0.1, 0.15) is 0 Å². The number of hydrogen-bond acceptors (Lipinski definition) is 2. The SMILES string of the molecule is CN(Cc1cc(Br)cn1C)C(=O)CC1(O)CCCC1. The molecule has 1 saturated carbocycles. The third-order valence-corrected chi connectivity index (χ3v) is 4.35. The van der Waals surface area contributed by atoms with Crippen molar-refractivity contribution in [1.82, 2.24) is 9.47 Å². The van der Waals surface area contributed by atoms with Crippen LogP contribution in [0.4, 0.5) is 0 Å². The molecule has 1 heterocycles. The van der Waals surface area contributed by atoms with E-state index >= 15 is 0 Å². The molecule has 0 saturated heterocycles. The molecule has 2 rings (SSSR count). The highest BCUT2D eigenvalue weighted by Crippen LogP contribution is 2.32. The van der Waals surface area contributed by atoms with Crippen LogP contribution in [0.25, 0.3) is 0 Å². The summed E-state index contributed by atoms with van der Waals surface area (Å²) in [7, 11) is 3.75. The van der Waals surface area contributed by atoms with Crippen LogP contribution in [0.1, 0.15) is 37.8 Å². The van der Waals surface area contributed by atoms with Gasteiger partial charge in [-0.15, -0.1) is 0 Å². The van der Waals surface area contributed by atoms with E-state index in [9.17, 15) is 9.90 Å². The van der Waals surface area contributed by atoms with Crippen molar-refractivity contribution in [2.75, 3.05) is 7.05 Å². The first-order chi connectivity index (χ1) is 8.89. The fourth-order valence-electron chi connectivity index (χ4n) is 2.68. The van der Waals surface area contributed by atoms with Crippen LogP contribution >= 0.6 is 15.9 Å². The van der Waals surface area contributed by atoms with E-state index in [2.05, 4.69) is 15.9 Å². The van der Waals surface area contributed by atoms with Gasteiger partial charge in [-0.25, -0.2) is 0 Å². The van der Waals surface area contributed by atoms with Gasteiger partial charge in [-0.2, -0.15) is 0 Å². The predicted molar refractivity (Wildman–Crippen MR) is 77.6 cm³/mol. The van der Waals surface area contributed by atoms with Crippen molar-refractivity contribution >= 4 is 21.8 Å². The van der Waals surface area contributed by atoms with Crippen molar-refractivity contribution in [3.05, 3.63) is 22.4 Å². The van der Waals surface area contributed by atoms with Gasteiger partial charge in [-0.3, -0.25) is 4.79 Å². The summed E-state index contributed by atoms with van der Waals surface area (Å²) in [5.74, 6) is 0.0155. The van der Waals surface area contributed by atoms with Crippen molar-refractivity contribution in [2.45, 2.75) is 44.2 Å². The van der Waals surface area contributed by atoms with Crippen molar-refractivity contribution in [1.29, 1.82) is 0 Å². The fraction of sp³-hybridized carbons (Fsp3) is 0.643. The first kappa shape index (κ1) is 14.6. The first-order valence-corrected chi connectivity index (χ1v) is 7.46. The molecule has 0 radical (unpaired) electrons. The van der Waals surface area contributed by atoms with Crippen LogP contribution in [0.3, 0.4) is 0 Å². The number of hydrogen-bond donors (Lipinski definition) is 1. The van der Waals surface area contributed by atoms with Crippen LogP contribution in [0.2, 0.25) is 0 Å². The van der Waals surface area contributed by atoms with Gasteiger partial charge in [0, 0.05) is 30.5 Å². The Morgan fingerprint density at radius 1 is 1.53 bits per heavy atom. The summed E-state index contributed by atoms with van der Waals surface area (Å²) in [6.07, 6.45) is 5.77. The number of aromatic nitrogens is 1. The highest BCUT2D eigenvalue weighted by atomic mass is 79.9. The van der Waals surface area contributed by atoms with Crippen LogP contribution in [0.15, 0.2) is 16.7 Å². The number of amides is 1. The molecule has 0 atom stereocenters. The van der Waals surface area contributed by atoms with Crippen molar-refractivity contribution in [2.24, 2.45) is 7.05 Å². The molecule has 0 spiro atoms. The standard InChI is InChI=1S/C14H21BrN2O2/c1-16-9-11(15)7-12(16)10-17(2)13(18)8-14(19)5-3-4-6-14/h7,9,19H,3-6,8,10H2,1-2H3. The smallest absolute Gasteiger partial charge is 0.225 e. The number of rotatable bonds is 4. The van der Waals surface area contributed by atoms with E-state index in [1.807, 2.05) is 23.9 Å². The summed E-state index contributed by atoms with van der Waals surface area (Å²) in [6.45, 7) is 0.566. The van der Waals surface area contributed by atoms with Crippen molar-refractivity contribution in [3.8, 4) is 0 Å². The van der Waals surface area contributed by atoms with Gasteiger partial charge in [0.25, 0.3) is 0 Å². The average molecular weight is 329 g/mol. The van der Waals surface area contributed by atoms with Crippen LogP contribution < -0.4 is 0 Å². The number of aryl methyl sites for hydroxylation is 1. The maximum absolute atomic E-state index is 12.2. The summed E-state index contributed by atoms with van der Waals surface area (Å²) in [5.41, 5.74) is 0.307. The van der Waals surface area contributed by atoms with E-state index < -0.39 is 5.60 Å². The van der Waals surface area contributed by atoms with Gasteiger partial charge < -0.3 is 14.6 Å². The highest BCUT2D eigenvalue weighted by molar-refractivity contribution is 9.10. The molecule has 19 heavy (non-hydrogen) atoms. The molecule has 1 fully saturated rings. The molecular formula is C14H21BrN2O2. The Bertz CT molecular complexity index is 464. The predicted octanol–water partition coefficient (Wildman–Crippen LogP) is 2.44. The van der Waals surface area contributed by atoms with Gasteiger partial charge in [-0.05, 0) is 34.8 Å². The Kier molecular flexibility index (Phi) is 4.36. The maximum Gasteiger partial charge on any atom is 0.225 e. The zero-order valence-corrected chi connectivity index (χ0v) is 13.1. The lowest BCUT2D eigenvalue weighted by Crippen LogP contribution is -2.35. The minimum Gasteiger partial charge on any atom is -0.389 e. The molecule has 106 valence electrons. The zero-order chi connectivity index (χ0) is 14.0. The number of carbonyl (C=O) groups excluding carboxylic acids is 1. The summed E-state index contributed by atoms with van der Waals surface area (Å²) in [6, 6.07) is 2.01. The molecule has 0 aromatic carbocycles. The zero-order valence-electron chi connectivity index (χ0n) is 11.5. The summed E-state index contributed by atoms with van der Waals surface area (Å²) in [5, 5.41) is 10.3. The molecule has 5 heteroatoms. The van der Waals surface area contributed by atoms with Crippen molar-refractivity contribution < 1.29 is 9.90 Å². The normalized spacial score (nSPS) is 17.7. The summed E-state index contributed by atoms with van der Waals surface area (Å²) in [4.78, 5) is 13.9. The molecule has 1 aliphatic carbocycles. The van der Waals surface area contributed by atoms with E-state index in [-0.39, 0.29) is 12.3 Å². The lowest BCUT2D eigenvalue weighted by molar-refractivity contribution is -0.135. The van der Waals surface area contributed by atoms with Gasteiger partial charge in [0.05, 0.1) is 18.6 Å². The third-order valence-electron chi connectivity index (χ3n) is 3.91. The number of aliphatic hydroxyl groups is 1. The second-order valence-corrected chi connectivity index (χ2v) is 6.53. The second-order valence-electron chi connectivity index (χ2n) is 5.62. The summed E-state index contributed by atoms with van der Waals surface area (Å²) < 4.78 is 3.01. The lowest BCUT2D eigenvalue weighted by Gasteiger charge is -2.25. The molecular weight excluding hydrogens is 308 g/mol.